The third kappa shape index (κ3) is 1.12. The van der Waals surface area contributed by atoms with Crippen LogP contribution in [-0.2, 0) is 6.42 Å². The summed E-state index contributed by atoms with van der Waals surface area (Å²) in [6.45, 7) is 7.40. The molecule has 12 heavy (non-hydrogen) atoms. The molecule has 0 heterocycles. The molecule has 1 heteroatoms. The molecule has 1 atom stereocenters. The van der Waals surface area contributed by atoms with Crippen molar-refractivity contribution >= 4 is 8.07 Å². The first kappa shape index (κ1) is 8.05. The predicted octanol–water partition coefficient (Wildman–Crippen LogP) is 3.20. The molecule has 2 rings (SSSR count). The van der Waals surface area contributed by atoms with Gasteiger partial charge in [-0.15, -0.1) is 0 Å². The fourth-order valence-corrected chi connectivity index (χ4v) is 4.08. The highest BCUT2D eigenvalue weighted by Gasteiger charge is 2.35. The molecule has 0 N–H and O–H groups in total. The molecule has 0 radical (unpaired) electrons. The van der Waals surface area contributed by atoms with E-state index in [1.54, 1.807) is 11.1 Å². The van der Waals surface area contributed by atoms with Gasteiger partial charge in [-0.1, -0.05) is 43.9 Å². The zero-order valence-electron chi connectivity index (χ0n) is 8.09. The summed E-state index contributed by atoms with van der Waals surface area (Å²) < 4.78 is 0. The highest BCUT2D eigenvalue weighted by Crippen LogP contribution is 2.40. The van der Waals surface area contributed by atoms with Crippen LogP contribution in [0, 0.1) is 0 Å². The Hall–Kier alpha value is -0.563. The lowest BCUT2D eigenvalue weighted by molar-refractivity contribution is 0.770. The highest BCUT2D eigenvalue weighted by molar-refractivity contribution is 6.77. The molecule has 0 unspecified atom stereocenters. The Morgan fingerprint density at radius 1 is 1.17 bits per heavy atom. The van der Waals surface area contributed by atoms with E-state index < -0.39 is 8.07 Å². The molecule has 0 aliphatic heterocycles. The maximum absolute atomic E-state index is 2.47. The molecular weight excluding hydrogens is 160 g/mol. The van der Waals surface area contributed by atoms with E-state index in [9.17, 15) is 0 Å². The second kappa shape index (κ2) is 2.46. The molecule has 0 spiro atoms. The molecule has 0 aromatic heterocycles. The van der Waals surface area contributed by atoms with Crippen molar-refractivity contribution in [1.82, 2.24) is 0 Å². The van der Waals surface area contributed by atoms with E-state index in [0.29, 0.717) is 0 Å². The van der Waals surface area contributed by atoms with Crippen molar-refractivity contribution in [3.8, 4) is 0 Å². The Labute approximate surface area is 75.6 Å². The van der Waals surface area contributed by atoms with Gasteiger partial charge in [-0.3, -0.25) is 0 Å². The minimum atomic E-state index is -0.925. The van der Waals surface area contributed by atoms with Crippen LogP contribution in [0.15, 0.2) is 24.3 Å². The van der Waals surface area contributed by atoms with Crippen molar-refractivity contribution in [2.45, 2.75) is 31.6 Å². The Morgan fingerprint density at radius 3 is 2.42 bits per heavy atom. The minimum absolute atomic E-state index is 0.925. The highest BCUT2D eigenvalue weighted by atomic mass is 28.3. The van der Waals surface area contributed by atoms with Crippen molar-refractivity contribution in [3.63, 3.8) is 0 Å². The quantitative estimate of drug-likeness (QED) is 0.576. The third-order valence-electron chi connectivity index (χ3n) is 2.90. The molecular formula is C11H16Si. The molecule has 0 saturated carbocycles. The molecule has 1 aromatic rings. The zero-order chi connectivity index (χ0) is 8.77. The normalized spacial score (nSPS) is 21.4. The van der Waals surface area contributed by atoms with E-state index in [0.717, 1.165) is 5.54 Å². The van der Waals surface area contributed by atoms with Gasteiger partial charge in [0.15, 0.2) is 0 Å². The van der Waals surface area contributed by atoms with Crippen LogP contribution in [0.2, 0.25) is 19.6 Å². The molecule has 0 saturated heterocycles. The predicted molar refractivity (Wildman–Crippen MR) is 56.2 cm³/mol. The number of fused-ring (bicyclic) bond motifs is 1. The molecule has 64 valence electrons. The maximum atomic E-state index is 2.47. The van der Waals surface area contributed by atoms with Crippen LogP contribution in [0.5, 0.6) is 0 Å². The zero-order valence-corrected chi connectivity index (χ0v) is 9.09. The van der Waals surface area contributed by atoms with Gasteiger partial charge in [0.25, 0.3) is 0 Å². The standard InChI is InChI=1S/C11H16Si/c1-12(2,3)11-8-9-6-4-5-7-10(9)11/h4-7,11H,8H2,1-3H3/t11-/m0/s1. The number of hydrogen-bond acceptors (Lipinski definition) is 0. The molecule has 0 bridgehead atoms. The first-order valence-electron chi connectivity index (χ1n) is 4.67. The second-order valence-electron chi connectivity index (χ2n) is 4.82. The topological polar surface area (TPSA) is 0 Å². The van der Waals surface area contributed by atoms with Crippen LogP contribution in [0.25, 0.3) is 0 Å². The first-order valence-corrected chi connectivity index (χ1v) is 8.24. The van der Waals surface area contributed by atoms with Gasteiger partial charge in [-0.2, -0.15) is 0 Å². The van der Waals surface area contributed by atoms with Crippen molar-refractivity contribution in [2.75, 3.05) is 0 Å². The second-order valence-corrected chi connectivity index (χ2v) is 10.3. The minimum Gasteiger partial charge on any atom is -0.0691 e. The number of rotatable bonds is 1. The van der Waals surface area contributed by atoms with Crippen molar-refractivity contribution < 1.29 is 0 Å². The Balaban J connectivity index is 2.31. The third-order valence-corrected chi connectivity index (χ3v) is 5.51. The van der Waals surface area contributed by atoms with Crippen LogP contribution in [0.3, 0.4) is 0 Å². The molecule has 0 amide bonds. The van der Waals surface area contributed by atoms with E-state index in [2.05, 4.69) is 43.9 Å². The van der Waals surface area contributed by atoms with Gasteiger partial charge in [0, 0.05) is 0 Å². The van der Waals surface area contributed by atoms with Gasteiger partial charge < -0.3 is 0 Å². The number of benzene rings is 1. The van der Waals surface area contributed by atoms with Gasteiger partial charge >= 0.3 is 0 Å². The summed E-state index contributed by atoms with van der Waals surface area (Å²) in [5.74, 6) is 0. The summed E-state index contributed by atoms with van der Waals surface area (Å²) in [6, 6.07) is 8.90. The first-order chi connectivity index (χ1) is 5.59. The van der Waals surface area contributed by atoms with Gasteiger partial charge in [0.05, 0.1) is 8.07 Å². The maximum Gasteiger partial charge on any atom is 0.0525 e. The van der Waals surface area contributed by atoms with Crippen molar-refractivity contribution in [3.05, 3.63) is 35.4 Å². The lowest BCUT2D eigenvalue weighted by atomic mass is 9.88. The van der Waals surface area contributed by atoms with E-state index in [4.69, 9.17) is 0 Å². The summed E-state index contributed by atoms with van der Waals surface area (Å²) >= 11 is 0. The lowest BCUT2D eigenvalue weighted by Gasteiger charge is -2.38. The fourth-order valence-electron chi connectivity index (χ4n) is 2.03. The summed E-state index contributed by atoms with van der Waals surface area (Å²) in [4.78, 5) is 0. The average molecular weight is 176 g/mol. The number of hydrogen-bond donors (Lipinski definition) is 0. The van der Waals surface area contributed by atoms with E-state index in [1.165, 1.54) is 6.42 Å². The smallest absolute Gasteiger partial charge is 0.0525 e. The van der Waals surface area contributed by atoms with Crippen molar-refractivity contribution in [1.29, 1.82) is 0 Å². The van der Waals surface area contributed by atoms with Gasteiger partial charge in [0.2, 0.25) is 0 Å². The van der Waals surface area contributed by atoms with Gasteiger partial charge in [-0.05, 0) is 23.1 Å². The Bertz CT molecular complexity index is 296. The van der Waals surface area contributed by atoms with E-state index >= 15 is 0 Å². The summed E-state index contributed by atoms with van der Waals surface area (Å²) in [6.07, 6.45) is 1.34. The van der Waals surface area contributed by atoms with Gasteiger partial charge in [-0.25, -0.2) is 0 Å². The van der Waals surface area contributed by atoms with E-state index in [-0.39, 0.29) is 0 Å². The molecule has 1 aromatic carbocycles. The molecule has 0 fully saturated rings. The SMILES string of the molecule is C[Si](C)(C)[C@H]1Cc2ccccc21. The van der Waals surface area contributed by atoms with Crippen LogP contribution in [-0.4, -0.2) is 8.07 Å². The van der Waals surface area contributed by atoms with Gasteiger partial charge in [0.1, 0.15) is 0 Å². The van der Waals surface area contributed by atoms with Crippen molar-refractivity contribution in [2.24, 2.45) is 0 Å². The van der Waals surface area contributed by atoms with Crippen LogP contribution < -0.4 is 0 Å². The summed E-state index contributed by atoms with van der Waals surface area (Å²) in [7, 11) is -0.925. The molecule has 1 aliphatic rings. The van der Waals surface area contributed by atoms with Crippen LogP contribution >= 0.6 is 0 Å². The lowest BCUT2D eigenvalue weighted by Crippen LogP contribution is -2.38. The fraction of sp³-hybridized carbons (Fsp3) is 0.455. The van der Waals surface area contributed by atoms with E-state index in [1.807, 2.05) is 0 Å². The Kier molecular flexibility index (Phi) is 1.65. The Morgan fingerprint density at radius 2 is 1.83 bits per heavy atom. The summed E-state index contributed by atoms with van der Waals surface area (Å²) in [5, 5.41) is 0. The average Bonchev–Trinajstić information content (AvgIpc) is 1.88. The molecule has 1 aliphatic carbocycles. The molecule has 0 nitrogen and oxygen atoms in total. The summed E-state index contributed by atoms with van der Waals surface area (Å²) in [5.41, 5.74) is 4.15. The van der Waals surface area contributed by atoms with Crippen LogP contribution in [0.4, 0.5) is 0 Å². The monoisotopic (exact) mass is 176 g/mol. The largest absolute Gasteiger partial charge is 0.0691 e. The van der Waals surface area contributed by atoms with Crippen LogP contribution in [0.1, 0.15) is 16.7 Å².